The smallest absolute Gasteiger partial charge is 0.229 e. The summed E-state index contributed by atoms with van der Waals surface area (Å²) in [5.41, 5.74) is 1.16. The first kappa shape index (κ1) is 14.9. The van der Waals surface area contributed by atoms with Crippen molar-refractivity contribution < 1.29 is 9.59 Å². The molecule has 0 unspecified atom stereocenters. The van der Waals surface area contributed by atoms with Gasteiger partial charge in [-0.1, -0.05) is 0 Å². The van der Waals surface area contributed by atoms with Crippen molar-refractivity contribution >= 4 is 29.3 Å². The van der Waals surface area contributed by atoms with Gasteiger partial charge in [0.05, 0.1) is 23.2 Å². The van der Waals surface area contributed by atoms with Gasteiger partial charge in [0, 0.05) is 23.9 Å². The Morgan fingerprint density at radius 3 is 2.86 bits per heavy atom. The Morgan fingerprint density at radius 1 is 1.45 bits per heavy atom. The van der Waals surface area contributed by atoms with Crippen LogP contribution in [0.3, 0.4) is 0 Å². The lowest BCUT2D eigenvalue weighted by atomic mass is 10.1. The monoisotopic (exact) mass is 315 g/mol. The number of nitrogens with one attached hydrogen (secondary N) is 1. The molecule has 1 aromatic rings. The Morgan fingerprint density at radius 2 is 2.23 bits per heavy atom. The highest BCUT2D eigenvalue weighted by Gasteiger charge is 2.41. The molecule has 1 aromatic carbocycles. The van der Waals surface area contributed by atoms with Gasteiger partial charge >= 0.3 is 0 Å². The number of hydrogen-bond donors (Lipinski definition) is 1. The van der Waals surface area contributed by atoms with Gasteiger partial charge in [0.2, 0.25) is 11.8 Å². The van der Waals surface area contributed by atoms with Gasteiger partial charge in [-0.3, -0.25) is 9.59 Å². The summed E-state index contributed by atoms with van der Waals surface area (Å²) in [5.74, 6) is -0.353. The zero-order valence-corrected chi connectivity index (χ0v) is 13.2. The van der Waals surface area contributed by atoms with Crippen LogP contribution in [0.5, 0.6) is 0 Å². The minimum Gasteiger partial charge on any atom is -0.339 e. The summed E-state index contributed by atoms with van der Waals surface area (Å²) in [6, 6.07) is 7.67. The Balaban J connectivity index is 1.72. The quantitative estimate of drug-likeness (QED) is 0.865. The van der Waals surface area contributed by atoms with Gasteiger partial charge in [-0.25, -0.2) is 0 Å². The van der Waals surface area contributed by atoms with Crippen molar-refractivity contribution in [2.75, 3.05) is 18.1 Å². The maximum absolute atomic E-state index is 12.4. The summed E-state index contributed by atoms with van der Waals surface area (Å²) < 4.78 is 0. The van der Waals surface area contributed by atoms with E-state index in [4.69, 9.17) is 5.26 Å². The van der Waals surface area contributed by atoms with Gasteiger partial charge in [0.1, 0.15) is 0 Å². The Hall–Kier alpha value is -2.00. The first-order chi connectivity index (χ1) is 10.6. The number of amides is 2. The maximum atomic E-state index is 12.4. The van der Waals surface area contributed by atoms with E-state index >= 15 is 0 Å². The van der Waals surface area contributed by atoms with E-state index in [1.807, 2.05) is 17.2 Å². The van der Waals surface area contributed by atoms with Gasteiger partial charge in [-0.15, -0.1) is 11.8 Å². The molecule has 6 heteroatoms. The molecular weight excluding hydrogens is 298 g/mol. The second-order valence-electron chi connectivity index (χ2n) is 5.69. The molecule has 22 heavy (non-hydrogen) atoms. The first-order valence-corrected chi connectivity index (χ1v) is 8.53. The molecule has 1 aliphatic heterocycles. The summed E-state index contributed by atoms with van der Waals surface area (Å²) in [6.45, 7) is 0.516. The van der Waals surface area contributed by atoms with E-state index < -0.39 is 0 Å². The molecule has 5 nitrogen and oxygen atoms in total. The van der Waals surface area contributed by atoms with Crippen molar-refractivity contribution in [3.05, 3.63) is 23.8 Å². The number of likely N-dealkylation sites (tertiary alicyclic amines) is 1. The molecule has 2 amide bonds. The van der Waals surface area contributed by atoms with Gasteiger partial charge in [0.15, 0.2) is 0 Å². The van der Waals surface area contributed by atoms with Crippen molar-refractivity contribution in [3.8, 4) is 6.07 Å². The van der Waals surface area contributed by atoms with Crippen molar-refractivity contribution in [1.82, 2.24) is 4.90 Å². The zero-order valence-electron chi connectivity index (χ0n) is 12.3. The lowest BCUT2D eigenvalue weighted by Gasteiger charge is -2.16. The van der Waals surface area contributed by atoms with E-state index in [2.05, 4.69) is 11.4 Å². The fraction of sp³-hybridized carbons (Fsp3) is 0.438. The number of carbonyl (C=O) groups excluding carboxylic acids is 2. The summed E-state index contributed by atoms with van der Waals surface area (Å²) >= 11 is 1.51. The number of rotatable bonds is 4. The summed E-state index contributed by atoms with van der Waals surface area (Å²) in [6.07, 6.45) is 4.32. The summed E-state index contributed by atoms with van der Waals surface area (Å²) in [7, 11) is 0. The lowest BCUT2D eigenvalue weighted by molar-refractivity contribution is -0.128. The molecule has 0 spiro atoms. The average Bonchev–Trinajstić information content (AvgIpc) is 3.29. The van der Waals surface area contributed by atoms with Crippen LogP contribution in [0.25, 0.3) is 0 Å². The normalized spacial score (nSPS) is 20.8. The minimum atomic E-state index is -0.298. The molecule has 0 radical (unpaired) electrons. The average molecular weight is 315 g/mol. The largest absolute Gasteiger partial charge is 0.339 e. The topological polar surface area (TPSA) is 73.2 Å². The van der Waals surface area contributed by atoms with Gasteiger partial charge in [-0.2, -0.15) is 5.26 Å². The number of benzene rings is 1. The molecule has 1 saturated carbocycles. The molecule has 1 N–H and O–H groups in total. The molecule has 0 aromatic heterocycles. The third-order valence-electron chi connectivity index (χ3n) is 4.10. The molecule has 114 valence electrons. The van der Waals surface area contributed by atoms with Gasteiger partial charge in [0.25, 0.3) is 0 Å². The predicted molar refractivity (Wildman–Crippen MR) is 84.4 cm³/mol. The molecule has 2 fully saturated rings. The van der Waals surface area contributed by atoms with Crippen LogP contribution in [0.15, 0.2) is 23.1 Å². The predicted octanol–water partition coefficient (Wildman–Crippen LogP) is 2.23. The summed E-state index contributed by atoms with van der Waals surface area (Å²) in [5, 5.41) is 11.9. The number of anilines is 1. The molecular formula is C16H17N3O2S. The highest BCUT2D eigenvalue weighted by molar-refractivity contribution is 7.98. The van der Waals surface area contributed by atoms with E-state index in [1.54, 1.807) is 12.1 Å². The third-order valence-corrected chi connectivity index (χ3v) is 4.90. The van der Waals surface area contributed by atoms with E-state index in [1.165, 1.54) is 11.8 Å². The van der Waals surface area contributed by atoms with Crippen molar-refractivity contribution in [2.24, 2.45) is 5.92 Å². The fourth-order valence-corrected chi connectivity index (χ4v) is 3.29. The maximum Gasteiger partial charge on any atom is 0.229 e. The molecule has 1 saturated heterocycles. The molecule has 3 rings (SSSR count). The summed E-state index contributed by atoms with van der Waals surface area (Å²) in [4.78, 5) is 27.1. The Labute approximate surface area is 133 Å². The van der Waals surface area contributed by atoms with Crippen LogP contribution in [-0.2, 0) is 9.59 Å². The van der Waals surface area contributed by atoms with E-state index in [-0.39, 0.29) is 24.2 Å². The van der Waals surface area contributed by atoms with Crippen LogP contribution < -0.4 is 5.32 Å². The van der Waals surface area contributed by atoms with Crippen LogP contribution in [0.1, 0.15) is 24.8 Å². The van der Waals surface area contributed by atoms with Gasteiger partial charge in [-0.05, 0) is 37.3 Å². The van der Waals surface area contributed by atoms with Crippen LogP contribution in [0.4, 0.5) is 5.69 Å². The first-order valence-electron chi connectivity index (χ1n) is 7.31. The van der Waals surface area contributed by atoms with Crippen molar-refractivity contribution in [1.29, 1.82) is 5.26 Å². The second-order valence-corrected chi connectivity index (χ2v) is 6.54. The number of carbonyl (C=O) groups is 2. The van der Waals surface area contributed by atoms with Crippen LogP contribution in [0.2, 0.25) is 0 Å². The third kappa shape index (κ3) is 2.95. The number of nitrogens with zero attached hydrogens (tertiary/aromatic N) is 2. The van der Waals surface area contributed by atoms with E-state index in [9.17, 15) is 9.59 Å². The molecule has 1 aliphatic carbocycles. The molecule has 0 bridgehead atoms. The SMILES string of the molecule is CSc1ccc(C#N)cc1NC(=O)[C@H]1CC(=O)N(C2CC2)C1. The standard InChI is InChI=1S/C16H17N3O2S/c1-22-14-5-2-10(8-17)6-13(14)18-16(21)11-7-15(20)19(9-11)12-3-4-12/h2,5-6,11-12H,3-4,7,9H2,1H3,(H,18,21)/t11-/m0/s1. The highest BCUT2D eigenvalue weighted by Crippen LogP contribution is 2.33. The van der Waals surface area contributed by atoms with Gasteiger partial charge < -0.3 is 10.2 Å². The second kappa shape index (κ2) is 6.01. The number of nitriles is 1. The Kier molecular flexibility index (Phi) is 4.08. The zero-order chi connectivity index (χ0) is 15.7. The van der Waals surface area contributed by atoms with Crippen LogP contribution in [-0.4, -0.2) is 35.6 Å². The van der Waals surface area contributed by atoms with Crippen molar-refractivity contribution in [3.63, 3.8) is 0 Å². The van der Waals surface area contributed by atoms with Crippen LogP contribution >= 0.6 is 11.8 Å². The van der Waals surface area contributed by atoms with E-state index in [0.717, 1.165) is 17.7 Å². The molecule has 1 atom stereocenters. The fourth-order valence-electron chi connectivity index (χ4n) is 2.76. The Bertz CT molecular complexity index is 664. The minimum absolute atomic E-state index is 0.0820. The number of thioether (sulfide) groups is 1. The van der Waals surface area contributed by atoms with Crippen molar-refractivity contribution in [2.45, 2.75) is 30.2 Å². The highest BCUT2D eigenvalue weighted by atomic mass is 32.2. The van der Waals surface area contributed by atoms with E-state index in [0.29, 0.717) is 23.8 Å². The lowest BCUT2D eigenvalue weighted by Crippen LogP contribution is -2.30. The molecule has 1 heterocycles. The molecule has 2 aliphatic rings. The van der Waals surface area contributed by atoms with Crippen LogP contribution in [0, 0.1) is 17.2 Å². The number of hydrogen-bond acceptors (Lipinski definition) is 4.